The van der Waals surface area contributed by atoms with E-state index in [4.69, 9.17) is 4.74 Å². The molecule has 0 unspecified atom stereocenters. The van der Waals surface area contributed by atoms with Crippen molar-refractivity contribution in [2.45, 2.75) is 6.92 Å². The van der Waals surface area contributed by atoms with Crippen LogP contribution in [0.2, 0.25) is 0 Å². The Bertz CT molecular complexity index is 1520. The van der Waals surface area contributed by atoms with Gasteiger partial charge in [-0.25, -0.2) is 9.78 Å². The summed E-state index contributed by atoms with van der Waals surface area (Å²) in [4.78, 5) is 33.4. The van der Waals surface area contributed by atoms with Crippen molar-refractivity contribution >= 4 is 45.7 Å². The molecule has 2 aromatic heterocycles. The predicted octanol–water partition coefficient (Wildman–Crippen LogP) is 6.47. The summed E-state index contributed by atoms with van der Waals surface area (Å²) in [5, 5.41) is 10.1. The second-order valence-electron chi connectivity index (χ2n) is 8.15. The minimum absolute atomic E-state index is 0.275. The Labute approximate surface area is 220 Å². The molecule has 2 heterocycles. The summed E-state index contributed by atoms with van der Waals surface area (Å²) in [5.74, 6) is -0.163. The zero-order valence-corrected chi connectivity index (χ0v) is 21.1. The van der Waals surface area contributed by atoms with Gasteiger partial charge in [0.15, 0.2) is 0 Å². The molecule has 3 N–H and O–H groups in total. The number of benzene rings is 2. The highest BCUT2D eigenvalue weighted by molar-refractivity contribution is 6.04. The van der Waals surface area contributed by atoms with Crippen molar-refractivity contribution < 1.29 is 14.3 Å². The molecule has 0 aliphatic heterocycles. The Morgan fingerprint density at radius 2 is 1.66 bits per heavy atom. The maximum absolute atomic E-state index is 12.8. The van der Waals surface area contributed by atoms with Crippen LogP contribution in [0.25, 0.3) is 10.9 Å². The number of ether oxygens (including phenoxy) is 1. The van der Waals surface area contributed by atoms with Crippen LogP contribution >= 0.6 is 0 Å². The largest absolute Gasteiger partial charge is 0.465 e. The highest BCUT2D eigenvalue weighted by atomic mass is 16.5. The number of hydrogen-bond donors (Lipinski definition) is 3. The van der Waals surface area contributed by atoms with Gasteiger partial charge >= 0.3 is 5.97 Å². The van der Waals surface area contributed by atoms with Gasteiger partial charge < -0.3 is 20.7 Å². The zero-order chi connectivity index (χ0) is 26.9. The minimum Gasteiger partial charge on any atom is -0.465 e. The number of carbonyl (C=O) groups is 2. The van der Waals surface area contributed by atoms with E-state index in [0.717, 1.165) is 28.0 Å². The normalized spacial score (nSPS) is 11.3. The van der Waals surface area contributed by atoms with E-state index in [2.05, 4.69) is 32.5 Å². The second kappa shape index (κ2) is 12.1. The van der Waals surface area contributed by atoms with Gasteiger partial charge in [-0.15, -0.1) is 0 Å². The number of rotatable bonds is 9. The van der Waals surface area contributed by atoms with E-state index in [9.17, 15) is 9.59 Å². The van der Waals surface area contributed by atoms with E-state index in [0.29, 0.717) is 22.6 Å². The van der Waals surface area contributed by atoms with Crippen molar-refractivity contribution in [2.24, 2.45) is 0 Å². The third-order valence-corrected chi connectivity index (χ3v) is 5.53. The molecule has 8 heteroatoms. The number of carbonyl (C=O) groups excluding carboxylic acids is 2. The summed E-state index contributed by atoms with van der Waals surface area (Å²) < 4.78 is 4.82. The van der Waals surface area contributed by atoms with Gasteiger partial charge in [0.25, 0.3) is 5.91 Å². The Balaban J connectivity index is 1.43. The first kappa shape index (κ1) is 25.8. The van der Waals surface area contributed by atoms with Crippen molar-refractivity contribution in [1.82, 2.24) is 9.97 Å². The molecule has 2 aromatic carbocycles. The van der Waals surface area contributed by atoms with Crippen LogP contribution in [0.1, 0.15) is 27.6 Å². The Morgan fingerprint density at radius 3 is 2.32 bits per heavy atom. The molecule has 0 saturated carbocycles. The van der Waals surface area contributed by atoms with Gasteiger partial charge in [0.2, 0.25) is 0 Å². The number of amides is 1. The first-order chi connectivity index (χ1) is 18.5. The number of fused-ring (bicyclic) bond motifs is 1. The quantitative estimate of drug-likeness (QED) is 0.177. The summed E-state index contributed by atoms with van der Waals surface area (Å²) in [6.07, 6.45) is 10.6. The first-order valence-corrected chi connectivity index (χ1v) is 11.8. The van der Waals surface area contributed by atoms with Crippen LogP contribution in [-0.2, 0) is 4.74 Å². The van der Waals surface area contributed by atoms with Crippen molar-refractivity contribution in [3.8, 4) is 0 Å². The van der Waals surface area contributed by atoms with Crippen LogP contribution in [0.15, 0.2) is 110 Å². The number of aromatic nitrogens is 2. The summed E-state index contributed by atoms with van der Waals surface area (Å²) >= 11 is 0. The smallest absolute Gasteiger partial charge is 0.337 e. The number of esters is 1. The molecule has 0 saturated heterocycles. The standard InChI is InChI=1S/C30H27N5O3/c1-4-6-22(7-5-2)33-23-10-12-24(13-11-23)34-29(36)21-9-15-28(32-19-21)35-27-16-17-31-26-14-8-20(18-25(26)27)30(37)38-3/h4-19,33H,1H2,2-3H3,(H,34,36)(H,31,32,35)/b7-5-,22-6+. The van der Waals surface area contributed by atoms with Crippen LogP contribution in [0.4, 0.5) is 22.9 Å². The molecular formula is C30H27N5O3. The van der Waals surface area contributed by atoms with Crippen molar-refractivity contribution in [3.63, 3.8) is 0 Å². The molecule has 38 heavy (non-hydrogen) atoms. The van der Waals surface area contributed by atoms with Crippen molar-refractivity contribution in [2.75, 3.05) is 23.1 Å². The summed E-state index contributed by atoms with van der Waals surface area (Å²) in [6, 6.07) is 17.7. The molecule has 0 spiro atoms. The van der Waals surface area contributed by atoms with Crippen LogP contribution in [0.3, 0.4) is 0 Å². The van der Waals surface area contributed by atoms with E-state index in [1.54, 1.807) is 48.7 Å². The summed E-state index contributed by atoms with van der Waals surface area (Å²) in [7, 11) is 1.34. The number of pyridine rings is 2. The van der Waals surface area contributed by atoms with Crippen LogP contribution in [0, 0.1) is 0 Å². The third-order valence-electron chi connectivity index (χ3n) is 5.53. The lowest BCUT2D eigenvalue weighted by atomic mass is 10.1. The molecule has 4 rings (SSSR count). The average molecular weight is 506 g/mol. The maximum atomic E-state index is 12.8. The summed E-state index contributed by atoms with van der Waals surface area (Å²) in [5.41, 5.74) is 4.72. The predicted molar refractivity (Wildman–Crippen MR) is 152 cm³/mol. The average Bonchev–Trinajstić information content (AvgIpc) is 2.94. The third kappa shape index (κ3) is 6.30. The number of hydrogen-bond acceptors (Lipinski definition) is 7. The van der Waals surface area contributed by atoms with E-state index >= 15 is 0 Å². The highest BCUT2D eigenvalue weighted by Gasteiger charge is 2.11. The number of anilines is 4. The van der Waals surface area contributed by atoms with E-state index < -0.39 is 5.97 Å². The summed E-state index contributed by atoms with van der Waals surface area (Å²) in [6.45, 7) is 5.67. The lowest BCUT2D eigenvalue weighted by molar-refractivity contribution is 0.0600. The molecule has 0 aliphatic rings. The fraction of sp³-hybridized carbons (Fsp3) is 0.0667. The fourth-order valence-electron chi connectivity index (χ4n) is 3.69. The molecule has 0 atom stereocenters. The zero-order valence-electron chi connectivity index (χ0n) is 21.1. The van der Waals surface area contributed by atoms with Gasteiger partial charge in [0.05, 0.1) is 29.4 Å². The Morgan fingerprint density at radius 1 is 0.921 bits per heavy atom. The Hall–Kier alpha value is -5.24. The van der Waals surface area contributed by atoms with E-state index in [-0.39, 0.29) is 5.91 Å². The molecule has 0 fully saturated rings. The van der Waals surface area contributed by atoms with Gasteiger partial charge in [-0.05, 0) is 79.7 Å². The van der Waals surface area contributed by atoms with Gasteiger partial charge in [-0.2, -0.15) is 0 Å². The number of allylic oxidation sites excluding steroid dienone is 4. The van der Waals surface area contributed by atoms with Gasteiger partial charge in [0, 0.05) is 34.9 Å². The van der Waals surface area contributed by atoms with Crippen molar-refractivity contribution in [3.05, 3.63) is 121 Å². The molecule has 0 bridgehead atoms. The fourth-order valence-corrected chi connectivity index (χ4v) is 3.69. The number of nitrogens with one attached hydrogen (secondary N) is 3. The topological polar surface area (TPSA) is 105 Å². The van der Waals surface area contributed by atoms with Gasteiger partial charge in [0.1, 0.15) is 5.82 Å². The monoisotopic (exact) mass is 505 g/mol. The number of nitrogens with zero attached hydrogens (tertiary/aromatic N) is 2. The van der Waals surface area contributed by atoms with Crippen molar-refractivity contribution in [1.29, 1.82) is 0 Å². The highest BCUT2D eigenvalue weighted by Crippen LogP contribution is 2.26. The molecule has 1 amide bonds. The van der Waals surface area contributed by atoms with E-state index in [1.165, 1.54) is 13.3 Å². The van der Waals surface area contributed by atoms with Crippen LogP contribution < -0.4 is 16.0 Å². The molecular weight excluding hydrogens is 478 g/mol. The molecule has 8 nitrogen and oxygen atoms in total. The van der Waals surface area contributed by atoms with E-state index in [1.807, 2.05) is 49.4 Å². The Kier molecular flexibility index (Phi) is 8.25. The number of methoxy groups -OCH3 is 1. The molecule has 0 aliphatic carbocycles. The molecule has 190 valence electrons. The molecule has 4 aromatic rings. The van der Waals surface area contributed by atoms with Crippen LogP contribution in [-0.4, -0.2) is 29.0 Å². The molecule has 0 radical (unpaired) electrons. The SMILES string of the molecule is C=C/C=C(\C=C/C)Nc1ccc(NC(=O)c2ccc(Nc3ccnc4ccc(C(=O)OC)cc34)nc2)cc1. The second-order valence-corrected chi connectivity index (χ2v) is 8.15. The first-order valence-electron chi connectivity index (χ1n) is 11.8. The lowest BCUT2D eigenvalue weighted by Crippen LogP contribution is -2.12. The maximum Gasteiger partial charge on any atom is 0.337 e. The lowest BCUT2D eigenvalue weighted by Gasteiger charge is -2.11. The van der Waals surface area contributed by atoms with Gasteiger partial charge in [-0.1, -0.05) is 18.7 Å². The minimum atomic E-state index is -0.427. The van der Waals surface area contributed by atoms with Crippen LogP contribution in [0.5, 0.6) is 0 Å². The van der Waals surface area contributed by atoms with Gasteiger partial charge in [-0.3, -0.25) is 9.78 Å².